The van der Waals surface area contributed by atoms with E-state index in [4.69, 9.17) is 0 Å². The van der Waals surface area contributed by atoms with Gasteiger partial charge < -0.3 is 9.80 Å². The quantitative estimate of drug-likeness (QED) is 0.767. The second-order valence-electron chi connectivity index (χ2n) is 5.89. The van der Waals surface area contributed by atoms with Crippen LogP contribution < -0.4 is 4.90 Å². The molecule has 2 aromatic rings. The fraction of sp³-hybridized carbons (Fsp3) is 0.533. The number of carbonyl (C=O) groups is 1. The van der Waals surface area contributed by atoms with Crippen LogP contribution in [0.5, 0.6) is 0 Å². The molecule has 3 rings (SSSR count). The molecule has 0 aromatic carbocycles. The van der Waals surface area contributed by atoms with E-state index in [0.29, 0.717) is 38.3 Å². The van der Waals surface area contributed by atoms with E-state index in [2.05, 4.69) is 20.1 Å². The summed E-state index contributed by atoms with van der Waals surface area (Å²) in [5.41, 5.74) is 0. The largest absolute Gasteiger partial charge is 0.349 e. The van der Waals surface area contributed by atoms with Gasteiger partial charge in [-0.05, 0) is 6.07 Å². The molecule has 1 saturated heterocycles. The summed E-state index contributed by atoms with van der Waals surface area (Å²) in [6.07, 6.45) is 5.92. The first-order chi connectivity index (χ1) is 11.6. The third-order valence-electron chi connectivity index (χ3n) is 4.16. The summed E-state index contributed by atoms with van der Waals surface area (Å²) in [4.78, 5) is 27.8. The Morgan fingerprint density at radius 3 is 3.00 bits per heavy atom. The van der Waals surface area contributed by atoms with Gasteiger partial charge in [-0.15, -0.1) is 0 Å². The molecule has 24 heavy (non-hydrogen) atoms. The summed E-state index contributed by atoms with van der Waals surface area (Å²) in [6, 6.07) is 1.67. The molecule has 8 nitrogen and oxygen atoms in total. The molecule has 3 heterocycles. The maximum absolute atomic E-state index is 13.9. The topological polar surface area (TPSA) is 80.0 Å². The Kier molecular flexibility index (Phi) is 4.97. The molecule has 1 aliphatic heterocycles. The molecule has 0 radical (unpaired) electrons. The highest BCUT2D eigenvalue weighted by Crippen LogP contribution is 2.25. The molecule has 9 heteroatoms. The van der Waals surface area contributed by atoms with E-state index in [-0.39, 0.29) is 11.9 Å². The lowest BCUT2D eigenvalue weighted by Gasteiger charge is -2.29. The van der Waals surface area contributed by atoms with Gasteiger partial charge in [0.25, 0.3) is 0 Å². The van der Waals surface area contributed by atoms with Crippen LogP contribution in [0.3, 0.4) is 0 Å². The van der Waals surface area contributed by atoms with Crippen molar-refractivity contribution in [3.63, 3.8) is 0 Å². The first kappa shape index (κ1) is 16.3. The zero-order chi connectivity index (χ0) is 16.9. The minimum Gasteiger partial charge on any atom is -0.349 e. The van der Waals surface area contributed by atoms with Crippen molar-refractivity contribution in [3.8, 4) is 0 Å². The summed E-state index contributed by atoms with van der Waals surface area (Å²) in [5, 5.41) is 3.98. The summed E-state index contributed by atoms with van der Waals surface area (Å²) in [7, 11) is 1.74. The van der Waals surface area contributed by atoms with Crippen LogP contribution in [0.4, 0.5) is 10.2 Å². The zero-order valence-electron chi connectivity index (χ0n) is 13.5. The van der Waals surface area contributed by atoms with Crippen LogP contribution in [0.1, 0.15) is 12.8 Å². The number of hydrogen-bond donors (Lipinski definition) is 0. The van der Waals surface area contributed by atoms with Crippen LogP contribution in [-0.2, 0) is 11.3 Å². The number of carbonyl (C=O) groups excluding carboxylic acids is 1. The fourth-order valence-corrected chi connectivity index (χ4v) is 2.93. The number of hydrogen-bond acceptors (Lipinski definition) is 6. The third-order valence-corrected chi connectivity index (χ3v) is 4.16. The lowest BCUT2D eigenvalue weighted by Crippen LogP contribution is -2.41. The monoisotopic (exact) mass is 333 g/mol. The van der Waals surface area contributed by atoms with E-state index < -0.39 is 6.17 Å². The van der Waals surface area contributed by atoms with E-state index in [1.165, 1.54) is 12.7 Å². The predicted molar refractivity (Wildman–Crippen MR) is 85.0 cm³/mol. The van der Waals surface area contributed by atoms with Crippen LogP contribution in [0.15, 0.2) is 31.2 Å². The molecular weight excluding hydrogens is 313 g/mol. The summed E-state index contributed by atoms with van der Waals surface area (Å²) in [6.45, 7) is 1.23. The van der Waals surface area contributed by atoms with Crippen LogP contribution in [0.25, 0.3) is 0 Å². The number of halogens is 1. The SMILES string of the molecule is CN(C[C@@H]1C[C@H](F)CN1c1ccncn1)C(=O)CCn1cncn1. The number of rotatable bonds is 6. The Bertz CT molecular complexity index is 651. The van der Waals surface area contributed by atoms with Gasteiger partial charge in [-0.1, -0.05) is 0 Å². The Balaban J connectivity index is 1.57. The molecule has 0 aliphatic carbocycles. The molecule has 0 N–H and O–H groups in total. The average Bonchev–Trinajstić information content (AvgIpc) is 3.23. The number of likely N-dealkylation sites (N-methyl/N-ethyl adjacent to an activating group) is 1. The van der Waals surface area contributed by atoms with Gasteiger partial charge in [-0.25, -0.2) is 19.3 Å². The van der Waals surface area contributed by atoms with Crippen molar-refractivity contribution in [2.75, 3.05) is 25.0 Å². The smallest absolute Gasteiger partial charge is 0.224 e. The van der Waals surface area contributed by atoms with Gasteiger partial charge in [0.1, 0.15) is 31.0 Å². The van der Waals surface area contributed by atoms with Crippen molar-refractivity contribution in [2.45, 2.75) is 31.6 Å². The number of aryl methyl sites for hydroxylation is 1. The van der Waals surface area contributed by atoms with E-state index in [1.54, 1.807) is 35.2 Å². The van der Waals surface area contributed by atoms with Crippen LogP contribution in [-0.4, -0.2) is 67.9 Å². The first-order valence-electron chi connectivity index (χ1n) is 7.86. The normalized spacial score (nSPS) is 20.3. The minimum absolute atomic E-state index is 0.00422. The van der Waals surface area contributed by atoms with E-state index >= 15 is 0 Å². The van der Waals surface area contributed by atoms with Gasteiger partial charge in [0.2, 0.25) is 5.91 Å². The zero-order valence-corrected chi connectivity index (χ0v) is 13.5. The first-order valence-corrected chi connectivity index (χ1v) is 7.86. The molecule has 1 fully saturated rings. The molecule has 0 unspecified atom stereocenters. The van der Waals surface area contributed by atoms with Gasteiger partial charge >= 0.3 is 0 Å². The summed E-state index contributed by atoms with van der Waals surface area (Å²) >= 11 is 0. The third kappa shape index (κ3) is 3.84. The van der Waals surface area contributed by atoms with Gasteiger partial charge in [-0.3, -0.25) is 9.48 Å². The van der Waals surface area contributed by atoms with Crippen LogP contribution in [0, 0.1) is 0 Å². The van der Waals surface area contributed by atoms with Crippen molar-refractivity contribution in [1.29, 1.82) is 0 Å². The summed E-state index contributed by atoms with van der Waals surface area (Å²) in [5.74, 6) is 0.689. The maximum atomic E-state index is 13.9. The number of anilines is 1. The molecule has 0 bridgehead atoms. The van der Waals surface area contributed by atoms with Gasteiger partial charge in [0.05, 0.1) is 19.1 Å². The van der Waals surface area contributed by atoms with Crippen LogP contribution in [0.2, 0.25) is 0 Å². The fourth-order valence-electron chi connectivity index (χ4n) is 2.93. The highest BCUT2D eigenvalue weighted by Gasteiger charge is 2.34. The Morgan fingerprint density at radius 1 is 1.42 bits per heavy atom. The molecule has 1 amide bonds. The van der Waals surface area contributed by atoms with Crippen molar-refractivity contribution < 1.29 is 9.18 Å². The molecule has 128 valence electrons. The van der Waals surface area contributed by atoms with E-state index in [0.717, 1.165) is 0 Å². The lowest BCUT2D eigenvalue weighted by molar-refractivity contribution is -0.130. The van der Waals surface area contributed by atoms with E-state index in [1.807, 2.05) is 4.90 Å². The van der Waals surface area contributed by atoms with Gasteiger partial charge in [-0.2, -0.15) is 5.10 Å². The number of amides is 1. The maximum Gasteiger partial charge on any atom is 0.224 e. The van der Waals surface area contributed by atoms with Crippen molar-refractivity contribution >= 4 is 11.7 Å². The number of alkyl halides is 1. The molecule has 0 spiro atoms. The van der Waals surface area contributed by atoms with Crippen molar-refractivity contribution in [3.05, 3.63) is 31.2 Å². The number of aromatic nitrogens is 5. The van der Waals surface area contributed by atoms with Crippen molar-refractivity contribution in [2.24, 2.45) is 0 Å². The standard InChI is InChI=1S/C15H20FN7O/c1-21(15(24)3-5-22-11-18-10-20-22)8-13-6-12(16)7-23(13)14-2-4-17-9-19-14/h2,4,9-13H,3,5-8H2,1H3/t12-,13-/m0/s1. The molecule has 2 atom stereocenters. The highest BCUT2D eigenvalue weighted by atomic mass is 19.1. The Hall–Kier alpha value is -2.58. The molecule has 1 aliphatic rings. The second-order valence-corrected chi connectivity index (χ2v) is 5.89. The Labute approximate surface area is 139 Å². The van der Waals surface area contributed by atoms with E-state index in [9.17, 15) is 9.18 Å². The van der Waals surface area contributed by atoms with Gasteiger partial charge in [0.15, 0.2) is 0 Å². The highest BCUT2D eigenvalue weighted by molar-refractivity contribution is 5.75. The van der Waals surface area contributed by atoms with Crippen molar-refractivity contribution in [1.82, 2.24) is 29.6 Å². The molecule has 0 saturated carbocycles. The summed E-state index contributed by atoms with van der Waals surface area (Å²) < 4.78 is 15.5. The molecule has 2 aromatic heterocycles. The predicted octanol–water partition coefficient (Wildman–Crippen LogP) is 0.534. The average molecular weight is 333 g/mol. The Morgan fingerprint density at radius 2 is 2.29 bits per heavy atom. The van der Waals surface area contributed by atoms with Gasteiger partial charge in [0, 0.05) is 32.6 Å². The second kappa shape index (κ2) is 7.33. The number of nitrogens with zero attached hydrogens (tertiary/aromatic N) is 7. The lowest BCUT2D eigenvalue weighted by atomic mass is 10.2. The van der Waals surface area contributed by atoms with Crippen LogP contribution >= 0.6 is 0 Å². The minimum atomic E-state index is -0.913. The molecular formula is C15H20FN7O.